The summed E-state index contributed by atoms with van der Waals surface area (Å²) in [6, 6.07) is 0.616. The van der Waals surface area contributed by atoms with E-state index in [1.807, 2.05) is 5.38 Å². The second-order valence-electron chi connectivity index (χ2n) is 4.34. The first-order chi connectivity index (χ1) is 7.25. The highest BCUT2D eigenvalue weighted by molar-refractivity contribution is 9.10. The number of aromatic nitrogens is 1. The van der Waals surface area contributed by atoms with Crippen LogP contribution in [0.25, 0.3) is 0 Å². The normalized spacial score (nSPS) is 27.3. The largest absolute Gasteiger partial charge is 0.358 e. The van der Waals surface area contributed by atoms with E-state index in [4.69, 9.17) is 0 Å². The van der Waals surface area contributed by atoms with Crippen LogP contribution in [0.5, 0.6) is 0 Å². The third-order valence-corrected chi connectivity index (χ3v) is 4.63. The summed E-state index contributed by atoms with van der Waals surface area (Å²) in [7, 11) is 0. The average molecular weight is 289 g/mol. The number of thiazole rings is 1. The van der Waals surface area contributed by atoms with Crippen LogP contribution >= 0.6 is 27.3 Å². The van der Waals surface area contributed by atoms with Crippen LogP contribution in [-0.2, 0) is 0 Å². The molecule has 1 heterocycles. The smallest absolute Gasteiger partial charge is 0.183 e. The Balaban J connectivity index is 1.97. The molecule has 15 heavy (non-hydrogen) atoms. The van der Waals surface area contributed by atoms with Crippen molar-refractivity contribution in [3.8, 4) is 0 Å². The van der Waals surface area contributed by atoms with Gasteiger partial charge in [-0.3, -0.25) is 0 Å². The minimum Gasteiger partial charge on any atom is -0.358 e. The summed E-state index contributed by atoms with van der Waals surface area (Å²) in [6.45, 7) is 2.35. The Hall–Kier alpha value is -0.0900. The van der Waals surface area contributed by atoms with E-state index in [0.717, 1.165) is 15.7 Å². The Morgan fingerprint density at radius 2 is 2.20 bits per heavy atom. The molecule has 1 aliphatic rings. The van der Waals surface area contributed by atoms with Crippen LogP contribution in [0.15, 0.2) is 9.98 Å². The van der Waals surface area contributed by atoms with Crippen LogP contribution in [0, 0.1) is 5.92 Å². The number of nitrogens with one attached hydrogen (secondary N) is 1. The minimum atomic E-state index is 0.616. The molecule has 2 rings (SSSR count). The van der Waals surface area contributed by atoms with Gasteiger partial charge in [0, 0.05) is 11.4 Å². The lowest BCUT2D eigenvalue weighted by atomic mass is 9.97. The molecule has 2 nitrogen and oxygen atoms in total. The molecule has 1 aliphatic carbocycles. The highest BCUT2D eigenvalue weighted by atomic mass is 79.9. The van der Waals surface area contributed by atoms with Crippen molar-refractivity contribution in [2.75, 3.05) is 5.32 Å². The predicted molar refractivity (Wildman–Crippen MR) is 69.5 cm³/mol. The zero-order valence-electron chi connectivity index (χ0n) is 9.00. The van der Waals surface area contributed by atoms with Crippen molar-refractivity contribution >= 4 is 32.4 Å². The van der Waals surface area contributed by atoms with Gasteiger partial charge in [-0.15, -0.1) is 11.3 Å². The van der Waals surface area contributed by atoms with Crippen LogP contribution < -0.4 is 5.32 Å². The van der Waals surface area contributed by atoms with Crippen molar-refractivity contribution in [1.82, 2.24) is 4.98 Å². The number of nitrogens with zero attached hydrogens (tertiary/aromatic N) is 1. The van der Waals surface area contributed by atoms with Gasteiger partial charge in [-0.05, 0) is 34.7 Å². The third kappa shape index (κ3) is 3.18. The van der Waals surface area contributed by atoms with Crippen LogP contribution in [-0.4, -0.2) is 11.0 Å². The molecule has 2 unspecified atom stereocenters. The summed E-state index contributed by atoms with van der Waals surface area (Å²) in [5.41, 5.74) is 0. The van der Waals surface area contributed by atoms with Crippen molar-refractivity contribution in [3.63, 3.8) is 0 Å². The molecule has 0 saturated heterocycles. The van der Waals surface area contributed by atoms with Gasteiger partial charge in [-0.25, -0.2) is 4.98 Å². The first-order valence-electron chi connectivity index (χ1n) is 5.63. The van der Waals surface area contributed by atoms with E-state index in [0.29, 0.717) is 6.04 Å². The average Bonchev–Trinajstić information content (AvgIpc) is 2.50. The molecule has 1 fully saturated rings. The monoisotopic (exact) mass is 288 g/mol. The fraction of sp³-hybridized carbons (Fsp3) is 0.727. The van der Waals surface area contributed by atoms with Crippen molar-refractivity contribution in [3.05, 3.63) is 9.98 Å². The number of hydrogen-bond acceptors (Lipinski definition) is 3. The molecule has 0 spiro atoms. The van der Waals surface area contributed by atoms with Crippen LogP contribution in [0.2, 0.25) is 0 Å². The lowest BCUT2D eigenvalue weighted by Gasteiger charge is -2.22. The number of halogens is 1. The topological polar surface area (TPSA) is 24.9 Å². The summed E-state index contributed by atoms with van der Waals surface area (Å²) >= 11 is 5.07. The number of rotatable bonds is 2. The quantitative estimate of drug-likeness (QED) is 0.822. The van der Waals surface area contributed by atoms with E-state index in [2.05, 4.69) is 33.2 Å². The van der Waals surface area contributed by atoms with Crippen molar-refractivity contribution in [1.29, 1.82) is 0 Å². The summed E-state index contributed by atoms with van der Waals surface area (Å²) in [5.74, 6) is 0.773. The number of hydrogen-bond donors (Lipinski definition) is 1. The van der Waals surface area contributed by atoms with Crippen LogP contribution in [0.3, 0.4) is 0 Å². The maximum absolute atomic E-state index is 4.39. The molecular formula is C11H17BrN2S. The van der Waals surface area contributed by atoms with Gasteiger partial charge in [0.15, 0.2) is 5.13 Å². The second kappa shape index (κ2) is 5.30. The minimum absolute atomic E-state index is 0.616. The molecule has 1 N–H and O–H groups in total. The first kappa shape index (κ1) is 11.4. The summed E-state index contributed by atoms with van der Waals surface area (Å²) < 4.78 is 0.941. The van der Waals surface area contributed by atoms with Gasteiger partial charge < -0.3 is 5.32 Å². The Morgan fingerprint density at radius 1 is 1.40 bits per heavy atom. The standard InChI is InChI=1S/C11H17BrN2S/c1-8-5-3-2-4-6-9(8)13-11-14-10(12)7-15-11/h7-9H,2-6H2,1H3,(H,13,14). The van der Waals surface area contributed by atoms with E-state index in [9.17, 15) is 0 Å². The molecule has 84 valence electrons. The predicted octanol–water partition coefficient (Wildman–Crippen LogP) is 4.29. The van der Waals surface area contributed by atoms with E-state index in [1.54, 1.807) is 11.3 Å². The van der Waals surface area contributed by atoms with E-state index in [1.165, 1.54) is 32.1 Å². The van der Waals surface area contributed by atoms with Gasteiger partial charge in [-0.2, -0.15) is 0 Å². The Morgan fingerprint density at radius 3 is 2.93 bits per heavy atom. The molecule has 4 heteroatoms. The molecule has 2 atom stereocenters. The highest BCUT2D eigenvalue weighted by Crippen LogP contribution is 2.27. The fourth-order valence-electron chi connectivity index (χ4n) is 2.19. The molecular weight excluding hydrogens is 272 g/mol. The van der Waals surface area contributed by atoms with E-state index in [-0.39, 0.29) is 0 Å². The molecule has 0 amide bonds. The lowest BCUT2D eigenvalue weighted by Crippen LogP contribution is -2.26. The molecule has 0 radical (unpaired) electrons. The third-order valence-electron chi connectivity index (χ3n) is 3.15. The van der Waals surface area contributed by atoms with Crippen molar-refractivity contribution in [2.24, 2.45) is 5.92 Å². The zero-order valence-corrected chi connectivity index (χ0v) is 11.4. The second-order valence-corrected chi connectivity index (χ2v) is 6.01. The van der Waals surface area contributed by atoms with Gasteiger partial charge in [0.05, 0.1) is 0 Å². The van der Waals surface area contributed by atoms with Gasteiger partial charge in [-0.1, -0.05) is 26.2 Å². The van der Waals surface area contributed by atoms with Gasteiger partial charge in [0.1, 0.15) is 4.60 Å². The van der Waals surface area contributed by atoms with Crippen LogP contribution in [0.1, 0.15) is 39.0 Å². The molecule has 0 aromatic carbocycles. The van der Waals surface area contributed by atoms with E-state index >= 15 is 0 Å². The molecule has 0 bridgehead atoms. The van der Waals surface area contributed by atoms with Gasteiger partial charge >= 0.3 is 0 Å². The summed E-state index contributed by atoms with van der Waals surface area (Å²) in [5, 5.41) is 6.66. The molecule has 1 aromatic heterocycles. The molecule has 1 aromatic rings. The molecule has 0 aliphatic heterocycles. The van der Waals surface area contributed by atoms with Crippen LogP contribution in [0.4, 0.5) is 5.13 Å². The maximum atomic E-state index is 4.39. The fourth-order valence-corrected chi connectivity index (χ4v) is 3.39. The zero-order chi connectivity index (χ0) is 10.7. The summed E-state index contributed by atoms with van der Waals surface area (Å²) in [4.78, 5) is 4.39. The Bertz CT molecular complexity index is 313. The van der Waals surface area contributed by atoms with Crippen molar-refractivity contribution in [2.45, 2.75) is 45.1 Å². The Kier molecular flexibility index (Phi) is 4.03. The first-order valence-corrected chi connectivity index (χ1v) is 7.30. The maximum Gasteiger partial charge on any atom is 0.183 e. The van der Waals surface area contributed by atoms with Gasteiger partial charge in [0.25, 0.3) is 0 Å². The van der Waals surface area contributed by atoms with Gasteiger partial charge in [0.2, 0.25) is 0 Å². The Labute approximate surface area is 104 Å². The highest BCUT2D eigenvalue weighted by Gasteiger charge is 2.20. The number of anilines is 1. The SMILES string of the molecule is CC1CCCCCC1Nc1nc(Br)cs1. The van der Waals surface area contributed by atoms with Crippen molar-refractivity contribution < 1.29 is 0 Å². The van der Waals surface area contributed by atoms with E-state index < -0.39 is 0 Å². The molecule has 1 saturated carbocycles. The summed E-state index contributed by atoms with van der Waals surface area (Å²) in [6.07, 6.45) is 6.78. The lowest BCUT2D eigenvalue weighted by molar-refractivity contribution is 0.456.